The van der Waals surface area contributed by atoms with Gasteiger partial charge in [-0.25, -0.2) is 4.79 Å². The smallest absolute Gasteiger partial charge is 0.354 e. The van der Waals surface area contributed by atoms with Crippen LogP contribution < -0.4 is 0 Å². The molecular formula is C11H9ClN2O4. The van der Waals surface area contributed by atoms with Crippen molar-refractivity contribution in [3.05, 3.63) is 39.0 Å². The minimum atomic E-state index is -0.576. The standard InChI is InChI=1S/C11H9ClN2O4/c1-2-18-11(15)9-5-6-8(13-9)4-3-7(12)10(6)14(16)17/h3-5,13H,2H2,1H3. The van der Waals surface area contributed by atoms with E-state index in [4.69, 9.17) is 16.3 Å². The lowest BCUT2D eigenvalue weighted by atomic mass is 10.2. The van der Waals surface area contributed by atoms with Crippen molar-refractivity contribution in [2.45, 2.75) is 6.92 Å². The number of hydrogen-bond acceptors (Lipinski definition) is 4. The van der Waals surface area contributed by atoms with Gasteiger partial charge in [0.1, 0.15) is 10.7 Å². The minimum absolute atomic E-state index is 0.0295. The van der Waals surface area contributed by atoms with Crippen LogP contribution in [-0.2, 0) is 4.74 Å². The summed E-state index contributed by atoms with van der Waals surface area (Å²) in [6.45, 7) is 1.91. The van der Waals surface area contributed by atoms with Crippen LogP contribution in [0.2, 0.25) is 5.02 Å². The van der Waals surface area contributed by atoms with Gasteiger partial charge in [-0.1, -0.05) is 11.6 Å². The van der Waals surface area contributed by atoms with Crippen molar-refractivity contribution in [3.8, 4) is 0 Å². The fraction of sp³-hybridized carbons (Fsp3) is 0.182. The predicted octanol–water partition coefficient (Wildman–Crippen LogP) is 2.91. The molecule has 94 valence electrons. The molecule has 0 spiro atoms. The molecule has 0 aliphatic rings. The Labute approximate surface area is 107 Å². The summed E-state index contributed by atoms with van der Waals surface area (Å²) >= 11 is 5.78. The topological polar surface area (TPSA) is 85.2 Å². The average molecular weight is 269 g/mol. The normalized spacial score (nSPS) is 10.6. The number of carbonyl (C=O) groups excluding carboxylic acids is 1. The lowest BCUT2D eigenvalue weighted by molar-refractivity contribution is -0.382. The Morgan fingerprint density at radius 2 is 2.28 bits per heavy atom. The molecule has 0 fully saturated rings. The van der Waals surface area contributed by atoms with Crippen molar-refractivity contribution in [2.75, 3.05) is 6.61 Å². The number of nitrogens with zero attached hydrogens (tertiary/aromatic N) is 1. The molecule has 0 amide bonds. The molecule has 7 heteroatoms. The molecule has 2 aromatic rings. The first kappa shape index (κ1) is 12.4. The third-order valence-corrected chi connectivity index (χ3v) is 2.71. The lowest BCUT2D eigenvalue weighted by Crippen LogP contribution is -2.04. The van der Waals surface area contributed by atoms with Gasteiger partial charge in [-0.15, -0.1) is 0 Å². The summed E-state index contributed by atoms with van der Waals surface area (Å²) in [6.07, 6.45) is 0. The summed E-state index contributed by atoms with van der Waals surface area (Å²) in [5, 5.41) is 11.2. The van der Waals surface area contributed by atoms with Crippen LogP contribution in [0.15, 0.2) is 18.2 Å². The van der Waals surface area contributed by atoms with Crippen LogP contribution in [0.5, 0.6) is 0 Å². The molecule has 1 aromatic carbocycles. The molecule has 0 radical (unpaired) electrons. The van der Waals surface area contributed by atoms with E-state index in [1.54, 1.807) is 13.0 Å². The SMILES string of the molecule is CCOC(=O)c1cc2c([N+](=O)[O-])c(Cl)ccc2[nH]1. The van der Waals surface area contributed by atoms with Crippen LogP contribution in [0.4, 0.5) is 5.69 Å². The zero-order valence-electron chi connectivity index (χ0n) is 9.40. The maximum atomic E-state index is 11.5. The van der Waals surface area contributed by atoms with Gasteiger partial charge in [0.25, 0.3) is 5.69 Å². The second kappa shape index (κ2) is 4.66. The number of H-pyrrole nitrogens is 1. The molecular weight excluding hydrogens is 260 g/mol. The van der Waals surface area contributed by atoms with E-state index >= 15 is 0 Å². The van der Waals surface area contributed by atoms with E-state index in [2.05, 4.69) is 4.98 Å². The van der Waals surface area contributed by atoms with Gasteiger partial charge in [-0.3, -0.25) is 10.1 Å². The van der Waals surface area contributed by atoms with Crippen molar-refractivity contribution < 1.29 is 14.5 Å². The Morgan fingerprint density at radius 1 is 1.56 bits per heavy atom. The van der Waals surface area contributed by atoms with Crippen LogP contribution in [0, 0.1) is 10.1 Å². The molecule has 18 heavy (non-hydrogen) atoms. The fourth-order valence-corrected chi connectivity index (χ4v) is 1.90. The van der Waals surface area contributed by atoms with Crippen LogP contribution in [0.25, 0.3) is 10.9 Å². The third kappa shape index (κ3) is 2.02. The second-order valence-electron chi connectivity index (χ2n) is 3.52. The molecule has 6 nitrogen and oxygen atoms in total. The molecule has 0 bridgehead atoms. The van der Waals surface area contributed by atoms with E-state index in [0.717, 1.165) is 0 Å². The number of fused-ring (bicyclic) bond motifs is 1. The van der Waals surface area contributed by atoms with Gasteiger partial charge in [0.2, 0.25) is 0 Å². The quantitative estimate of drug-likeness (QED) is 0.527. The molecule has 0 aliphatic heterocycles. The zero-order valence-corrected chi connectivity index (χ0v) is 10.2. The molecule has 1 aromatic heterocycles. The van der Waals surface area contributed by atoms with Gasteiger partial charge in [0.05, 0.1) is 22.4 Å². The number of rotatable bonds is 3. The van der Waals surface area contributed by atoms with Gasteiger partial charge >= 0.3 is 5.97 Å². The summed E-state index contributed by atoms with van der Waals surface area (Å²) in [5.41, 5.74) is 0.410. The summed E-state index contributed by atoms with van der Waals surface area (Å²) < 4.78 is 4.82. The first-order chi connectivity index (χ1) is 8.54. The van der Waals surface area contributed by atoms with Crippen LogP contribution >= 0.6 is 11.6 Å². The Bertz CT molecular complexity index is 635. The molecule has 0 unspecified atom stereocenters. The number of ether oxygens (including phenoxy) is 1. The van der Waals surface area contributed by atoms with E-state index in [-0.39, 0.29) is 28.4 Å². The molecule has 0 saturated heterocycles. The number of aromatic nitrogens is 1. The monoisotopic (exact) mass is 268 g/mol. The van der Waals surface area contributed by atoms with Gasteiger partial charge in [-0.2, -0.15) is 0 Å². The molecule has 0 aliphatic carbocycles. The van der Waals surface area contributed by atoms with E-state index in [9.17, 15) is 14.9 Å². The predicted molar refractivity (Wildman–Crippen MR) is 65.9 cm³/mol. The van der Waals surface area contributed by atoms with Crippen molar-refractivity contribution in [1.29, 1.82) is 0 Å². The van der Waals surface area contributed by atoms with Crippen molar-refractivity contribution in [3.63, 3.8) is 0 Å². The first-order valence-electron chi connectivity index (χ1n) is 5.17. The van der Waals surface area contributed by atoms with E-state index in [0.29, 0.717) is 5.52 Å². The summed E-state index contributed by atoms with van der Waals surface area (Å²) in [7, 11) is 0. The third-order valence-electron chi connectivity index (χ3n) is 2.40. The lowest BCUT2D eigenvalue weighted by Gasteiger charge is -1.96. The second-order valence-corrected chi connectivity index (χ2v) is 3.93. The summed E-state index contributed by atoms with van der Waals surface area (Å²) in [5.74, 6) is -0.556. The highest BCUT2D eigenvalue weighted by atomic mass is 35.5. The van der Waals surface area contributed by atoms with Gasteiger partial charge in [0, 0.05) is 0 Å². The molecule has 0 saturated carbocycles. The zero-order chi connectivity index (χ0) is 13.3. The number of nitrogens with one attached hydrogen (secondary N) is 1. The highest BCUT2D eigenvalue weighted by molar-refractivity contribution is 6.34. The van der Waals surface area contributed by atoms with Gasteiger partial charge in [-0.05, 0) is 25.1 Å². The first-order valence-corrected chi connectivity index (χ1v) is 5.55. The largest absolute Gasteiger partial charge is 0.461 e. The van der Waals surface area contributed by atoms with Crippen molar-refractivity contribution in [1.82, 2.24) is 4.98 Å². The average Bonchev–Trinajstić information content (AvgIpc) is 2.72. The Morgan fingerprint density at radius 3 is 2.89 bits per heavy atom. The number of carbonyl (C=O) groups is 1. The minimum Gasteiger partial charge on any atom is -0.461 e. The van der Waals surface area contributed by atoms with E-state index in [1.165, 1.54) is 12.1 Å². The number of aromatic amines is 1. The summed E-state index contributed by atoms with van der Waals surface area (Å²) in [4.78, 5) is 24.6. The molecule has 1 heterocycles. The van der Waals surface area contributed by atoms with Crippen LogP contribution in [0.3, 0.4) is 0 Å². The Kier molecular flexibility index (Phi) is 3.20. The number of nitro groups is 1. The Hall–Kier alpha value is -2.08. The molecule has 0 atom stereocenters. The van der Waals surface area contributed by atoms with Gasteiger partial charge in [0.15, 0.2) is 0 Å². The highest BCUT2D eigenvalue weighted by Crippen LogP contribution is 2.33. The van der Waals surface area contributed by atoms with Crippen LogP contribution in [0.1, 0.15) is 17.4 Å². The molecule has 2 rings (SSSR count). The van der Waals surface area contributed by atoms with E-state index < -0.39 is 10.9 Å². The number of hydrogen-bond donors (Lipinski definition) is 1. The number of nitro benzene ring substituents is 1. The van der Waals surface area contributed by atoms with Crippen molar-refractivity contribution >= 4 is 34.2 Å². The van der Waals surface area contributed by atoms with Gasteiger partial charge < -0.3 is 9.72 Å². The number of benzene rings is 1. The van der Waals surface area contributed by atoms with E-state index in [1.807, 2.05) is 0 Å². The summed E-state index contributed by atoms with van der Waals surface area (Å²) in [6, 6.07) is 4.36. The van der Waals surface area contributed by atoms with Crippen molar-refractivity contribution in [2.24, 2.45) is 0 Å². The number of halogens is 1. The molecule has 1 N–H and O–H groups in total. The fourth-order valence-electron chi connectivity index (χ4n) is 1.67. The number of esters is 1. The Balaban J connectivity index is 2.61. The highest BCUT2D eigenvalue weighted by Gasteiger charge is 2.21. The van der Waals surface area contributed by atoms with Crippen LogP contribution in [-0.4, -0.2) is 22.5 Å². The maximum absolute atomic E-state index is 11.5. The maximum Gasteiger partial charge on any atom is 0.354 e.